The molecular weight excluding hydrogens is 382 g/mol. The van der Waals surface area contributed by atoms with Gasteiger partial charge in [-0.3, -0.25) is 4.79 Å². The van der Waals surface area contributed by atoms with Crippen LogP contribution < -0.4 is 16.4 Å². The number of hydrogen-bond donors (Lipinski definition) is 3. The largest absolute Gasteiger partial charge is 0.463 e. The minimum absolute atomic E-state index is 0.312. The number of amides is 2. The van der Waals surface area contributed by atoms with Crippen LogP contribution in [0.5, 0.6) is 0 Å². The lowest BCUT2D eigenvalue weighted by atomic mass is 10.1. The first-order chi connectivity index (χ1) is 14.2. The molecule has 0 radical (unpaired) electrons. The number of benzene rings is 1. The molecule has 0 unspecified atom stereocenters. The summed E-state index contributed by atoms with van der Waals surface area (Å²) >= 11 is 0. The summed E-state index contributed by atoms with van der Waals surface area (Å²) in [6, 6.07) is 11.1. The number of carbonyl (C=O) groups excluding carboxylic acids is 2. The molecule has 0 aliphatic heterocycles. The molecular formula is C23H29N3O4. The summed E-state index contributed by atoms with van der Waals surface area (Å²) in [4.78, 5) is 23.6. The number of alkyl carbamates (subject to hydrolysis) is 1. The number of nitrogens with one attached hydrogen (secondary N) is 2. The molecule has 2 aromatic rings. The Labute approximate surface area is 177 Å². The molecule has 0 aliphatic carbocycles. The fraction of sp³-hybridized carbons (Fsp3) is 0.304. The van der Waals surface area contributed by atoms with Crippen LogP contribution >= 0.6 is 0 Å². The summed E-state index contributed by atoms with van der Waals surface area (Å²) in [5.41, 5.74) is 7.56. The monoisotopic (exact) mass is 411 g/mol. The molecule has 1 aromatic heterocycles. The van der Waals surface area contributed by atoms with Gasteiger partial charge in [-0.15, -0.1) is 0 Å². The van der Waals surface area contributed by atoms with Crippen molar-refractivity contribution in [2.24, 2.45) is 5.73 Å². The van der Waals surface area contributed by atoms with Crippen molar-refractivity contribution < 1.29 is 18.7 Å². The van der Waals surface area contributed by atoms with Crippen LogP contribution in [0.1, 0.15) is 45.4 Å². The second-order valence-corrected chi connectivity index (χ2v) is 7.65. The van der Waals surface area contributed by atoms with E-state index in [1.807, 2.05) is 52.0 Å². The summed E-state index contributed by atoms with van der Waals surface area (Å²) < 4.78 is 10.8. The normalized spacial score (nSPS) is 12.4. The highest BCUT2D eigenvalue weighted by Gasteiger charge is 2.16. The van der Waals surface area contributed by atoms with E-state index in [2.05, 4.69) is 10.6 Å². The molecule has 7 nitrogen and oxygen atoms in total. The molecule has 0 aliphatic rings. The third-order valence-electron chi connectivity index (χ3n) is 3.84. The highest BCUT2D eigenvalue weighted by Crippen LogP contribution is 2.22. The Bertz CT molecular complexity index is 922. The lowest BCUT2D eigenvalue weighted by Gasteiger charge is -2.19. The van der Waals surface area contributed by atoms with Crippen molar-refractivity contribution >= 4 is 23.4 Å². The predicted molar refractivity (Wildman–Crippen MR) is 117 cm³/mol. The van der Waals surface area contributed by atoms with Crippen molar-refractivity contribution in [3.05, 3.63) is 71.7 Å². The van der Waals surface area contributed by atoms with Gasteiger partial charge >= 0.3 is 6.09 Å². The zero-order valence-corrected chi connectivity index (χ0v) is 17.8. The van der Waals surface area contributed by atoms with Gasteiger partial charge in [0.2, 0.25) is 5.91 Å². The van der Waals surface area contributed by atoms with Crippen molar-refractivity contribution in [2.75, 3.05) is 5.32 Å². The topological polar surface area (TPSA) is 107 Å². The summed E-state index contributed by atoms with van der Waals surface area (Å²) in [5, 5.41) is 6.00. The van der Waals surface area contributed by atoms with E-state index in [1.165, 1.54) is 0 Å². The van der Waals surface area contributed by atoms with E-state index < -0.39 is 17.6 Å². The Kier molecular flexibility index (Phi) is 7.86. The summed E-state index contributed by atoms with van der Waals surface area (Å²) in [6.45, 7) is 7.68. The van der Waals surface area contributed by atoms with Crippen molar-refractivity contribution in [3.8, 4) is 0 Å². The van der Waals surface area contributed by atoms with Gasteiger partial charge in [0.15, 0.2) is 0 Å². The van der Waals surface area contributed by atoms with Crippen LogP contribution in [0.25, 0.3) is 5.70 Å². The third kappa shape index (κ3) is 7.50. The second kappa shape index (κ2) is 10.3. The van der Waals surface area contributed by atoms with E-state index in [0.717, 1.165) is 11.3 Å². The van der Waals surface area contributed by atoms with Crippen LogP contribution in [0.3, 0.4) is 0 Å². The number of primary amides is 1. The second-order valence-electron chi connectivity index (χ2n) is 7.65. The van der Waals surface area contributed by atoms with Crippen LogP contribution in [0.2, 0.25) is 0 Å². The number of allylic oxidation sites excluding steroid dienone is 1. The number of carbonyl (C=O) groups is 2. The Hall–Kier alpha value is -3.48. The van der Waals surface area contributed by atoms with Gasteiger partial charge in [0.25, 0.3) is 0 Å². The molecule has 30 heavy (non-hydrogen) atoms. The van der Waals surface area contributed by atoms with E-state index >= 15 is 0 Å². The van der Waals surface area contributed by atoms with E-state index in [0.29, 0.717) is 30.0 Å². The van der Waals surface area contributed by atoms with Crippen molar-refractivity contribution in [1.82, 2.24) is 5.32 Å². The maximum atomic E-state index is 11.9. The predicted octanol–water partition coefficient (Wildman–Crippen LogP) is 4.58. The number of nitrogens with two attached hydrogens (primary N) is 1. The molecule has 2 rings (SSSR count). The minimum Gasteiger partial charge on any atom is -0.463 e. The van der Waals surface area contributed by atoms with Gasteiger partial charge in [0.1, 0.15) is 11.4 Å². The van der Waals surface area contributed by atoms with Crippen LogP contribution in [-0.4, -0.2) is 17.6 Å². The maximum absolute atomic E-state index is 11.9. The van der Waals surface area contributed by atoms with E-state index in [-0.39, 0.29) is 0 Å². The molecule has 1 aromatic carbocycles. The molecule has 7 heteroatoms. The zero-order valence-electron chi connectivity index (χ0n) is 17.8. The molecule has 4 N–H and O–H groups in total. The lowest BCUT2D eigenvalue weighted by molar-refractivity contribution is -0.114. The zero-order chi connectivity index (χ0) is 22.1. The van der Waals surface area contributed by atoms with Crippen LogP contribution in [0.4, 0.5) is 10.5 Å². The summed E-state index contributed by atoms with van der Waals surface area (Å²) in [6.07, 6.45) is 5.17. The van der Waals surface area contributed by atoms with E-state index in [4.69, 9.17) is 14.9 Å². The van der Waals surface area contributed by atoms with Gasteiger partial charge in [-0.2, -0.15) is 0 Å². The van der Waals surface area contributed by atoms with Crippen LogP contribution in [-0.2, 0) is 16.1 Å². The van der Waals surface area contributed by atoms with Gasteiger partial charge in [-0.05, 0) is 63.1 Å². The number of hydrogen-bond acceptors (Lipinski definition) is 5. The number of rotatable bonds is 8. The van der Waals surface area contributed by atoms with Crippen molar-refractivity contribution in [3.63, 3.8) is 0 Å². The Morgan fingerprint density at radius 2 is 1.97 bits per heavy atom. The molecule has 0 saturated heterocycles. The van der Waals surface area contributed by atoms with E-state index in [9.17, 15) is 9.59 Å². The van der Waals surface area contributed by atoms with Gasteiger partial charge in [0.05, 0.1) is 12.0 Å². The van der Waals surface area contributed by atoms with Crippen molar-refractivity contribution in [1.29, 1.82) is 0 Å². The van der Waals surface area contributed by atoms with Gasteiger partial charge in [0, 0.05) is 17.8 Å². The Morgan fingerprint density at radius 3 is 2.57 bits per heavy atom. The standard InChI is InChI=1S/C23H29N3O4/c1-5-8-17(21(24)27)14-19(20-11-7-12-29-20)26-18-10-6-9-16(13-18)15-25-22(28)30-23(2,3)4/h6-14,26H,5,15H2,1-4H3,(H2,24,27)(H,25,28)/b17-8-,19-14-. The van der Waals surface area contributed by atoms with Gasteiger partial charge < -0.3 is 25.5 Å². The fourth-order valence-corrected chi connectivity index (χ4v) is 2.61. The lowest BCUT2D eigenvalue weighted by Crippen LogP contribution is -2.32. The molecule has 0 atom stereocenters. The first-order valence-electron chi connectivity index (χ1n) is 9.76. The van der Waals surface area contributed by atoms with Crippen LogP contribution in [0.15, 0.2) is 64.8 Å². The molecule has 0 spiro atoms. The van der Waals surface area contributed by atoms with E-state index in [1.54, 1.807) is 30.5 Å². The summed E-state index contributed by atoms with van der Waals surface area (Å²) in [5.74, 6) is 0.0496. The smallest absolute Gasteiger partial charge is 0.407 e. The third-order valence-corrected chi connectivity index (χ3v) is 3.84. The number of furan rings is 1. The summed E-state index contributed by atoms with van der Waals surface area (Å²) in [7, 11) is 0. The average molecular weight is 412 g/mol. The molecule has 0 saturated carbocycles. The molecule has 160 valence electrons. The van der Waals surface area contributed by atoms with Gasteiger partial charge in [-0.1, -0.05) is 25.1 Å². The Morgan fingerprint density at radius 1 is 1.20 bits per heavy atom. The fourth-order valence-electron chi connectivity index (χ4n) is 2.61. The first kappa shape index (κ1) is 22.8. The quantitative estimate of drug-likeness (QED) is 0.435. The SMILES string of the molecule is CC/C=C(/C=C(\Nc1cccc(CNC(=O)OC(C)(C)C)c1)c1ccco1)C(N)=O. The van der Waals surface area contributed by atoms with Gasteiger partial charge in [-0.25, -0.2) is 4.79 Å². The minimum atomic E-state index is -0.555. The van der Waals surface area contributed by atoms with Crippen molar-refractivity contribution in [2.45, 2.75) is 46.3 Å². The molecule has 2 amide bonds. The maximum Gasteiger partial charge on any atom is 0.407 e. The number of anilines is 1. The highest BCUT2D eigenvalue weighted by atomic mass is 16.6. The molecule has 0 bridgehead atoms. The first-order valence-corrected chi connectivity index (χ1v) is 9.76. The highest BCUT2D eigenvalue weighted by molar-refractivity contribution is 5.97. The Balaban J connectivity index is 2.19. The molecule has 1 heterocycles. The average Bonchev–Trinajstić information content (AvgIpc) is 3.19. The molecule has 0 fully saturated rings. The number of ether oxygens (including phenoxy) is 1. The van der Waals surface area contributed by atoms with Crippen LogP contribution in [0, 0.1) is 0 Å².